The van der Waals surface area contributed by atoms with Crippen LogP contribution in [0.15, 0.2) is 59.1 Å². The Balaban J connectivity index is 1.88. The van der Waals surface area contributed by atoms with Crippen LogP contribution in [0.4, 0.5) is 5.69 Å². The standard InChI is InChI=1S/C17H14BrNO2/c18-14-9-11(7-8-17(14)21)10-19-15-5-1-4-13-12(15)3-2-6-16(13)20/h1-9,19-21H,10H2. The molecule has 0 atom stereocenters. The molecule has 0 amide bonds. The minimum absolute atomic E-state index is 0.230. The van der Waals surface area contributed by atoms with E-state index in [0.29, 0.717) is 11.0 Å². The van der Waals surface area contributed by atoms with Gasteiger partial charge in [0.25, 0.3) is 0 Å². The van der Waals surface area contributed by atoms with E-state index in [4.69, 9.17) is 0 Å². The molecule has 4 heteroatoms. The van der Waals surface area contributed by atoms with Gasteiger partial charge in [-0.25, -0.2) is 0 Å². The molecule has 0 aromatic heterocycles. The van der Waals surface area contributed by atoms with E-state index in [1.54, 1.807) is 12.1 Å². The van der Waals surface area contributed by atoms with Crippen molar-refractivity contribution < 1.29 is 10.2 Å². The zero-order valence-electron chi connectivity index (χ0n) is 11.2. The van der Waals surface area contributed by atoms with Crippen LogP contribution in [0.3, 0.4) is 0 Å². The average molecular weight is 344 g/mol. The average Bonchev–Trinajstić information content (AvgIpc) is 2.49. The van der Waals surface area contributed by atoms with Gasteiger partial charge < -0.3 is 15.5 Å². The fourth-order valence-electron chi connectivity index (χ4n) is 2.31. The summed E-state index contributed by atoms with van der Waals surface area (Å²) in [6.45, 7) is 0.633. The molecular formula is C17H14BrNO2. The molecule has 0 aliphatic heterocycles. The second-order valence-electron chi connectivity index (χ2n) is 4.82. The highest BCUT2D eigenvalue weighted by atomic mass is 79.9. The summed E-state index contributed by atoms with van der Waals surface area (Å²) in [6, 6.07) is 16.7. The van der Waals surface area contributed by atoms with Gasteiger partial charge in [0.05, 0.1) is 4.47 Å². The third-order valence-electron chi connectivity index (χ3n) is 3.39. The highest BCUT2D eigenvalue weighted by Gasteiger charge is 2.04. The van der Waals surface area contributed by atoms with Crippen LogP contribution in [-0.4, -0.2) is 10.2 Å². The Morgan fingerprint density at radius 2 is 1.62 bits per heavy atom. The number of phenolic OH excluding ortho intramolecular Hbond substituents is 2. The number of rotatable bonds is 3. The number of phenols is 2. The first-order valence-electron chi connectivity index (χ1n) is 6.57. The van der Waals surface area contributed by atoms with Crippen molar-refractivity contribution in [2.45, 2.75) is 6.54 Å². The van der Waals surface area contributed by atoms with Gasteiger partial charge in [-0.3, -0.25) is 0 Å². The molecule has 3 N–H and O–H groups in total. The largest absolute Gasteiger partial charge is 0.507 e. The molecule has 0 radical (unpaired) electrons. The van der Waals surface area contributed by atoms with Crippen molar-refractivity contribution in [1.82, 2.24) is 0 Å². The summed E-state index contributed by atoms with van der Waals surface area (Å²) in [6.07, 6.45) is 0. The van der Waals surface area contributed by atoms with Crippen molar-refractivity contribution in [3.63, 3.8) is 0 Å². The van der Waals surface area contributed by atoms with Gasteiger partial charge in [0.1, 0.15) is 11.5 Å². The fraction of sp³-hybridized carbons (Fsp3) is 0.0588. The quantitative estimate of drug-likeness (QED) is 0.650. The van der Waals surface area contributed by atoms with Gasteiger partial charge in [-0.05, 0) is 45.8 Å². The van der Waals surface area contributed by atoms with Crippen LogP contribution in [0.5, 0.6) is 11.5 Å². The van der Waals surface area contributed by atoms with Crippen LogP contribution in [0.2, 0.25) is 0 Å². The zero-order valence-corrected chi connectivity index (χ0v) is 12.8. The van der Waals surface area contributed by atoms with Crippen LogP contribution in [0, 0.1) is 0 Å². The van der Waals surface area contributed by atoms with Crippen molar-refractivity contribution in [3.05, 3.63) is 64.6 Å². The molecule has 0 saturated heterocycles. The lowest BCUT2D eigenvalue weighted by atomic mass is 10.1. The molecule has 3 rings (SSSR count). The predicted octanol–water partition coefficient (Wildman–Crippen LogP) is 4.63. The number of benzene rings is 3. The second kappa shape index (κ2) is 5.66. The lowest BCUT2D eigenvalue weighted by molar-refractivity contribution is 0.471. The van der Waals surface area contributed by atoms with Gasteiger partial charge in [-0.2, -0.15) is 0 Å². The molecule has 3 aromatic rings. The molecule has 21 heavy (non-hydrogen) atoms. The summed E-state index contributed by atoms with van der Waals surface area (Å²) in [7, 11) is 0. The van der Waals surface area contributed by atoms with Gasteiger partial charge >= 0.3 is 0 Å². The van der Waals surface area contributed by atoms with Crippen molar-refractivity contribution >= 4 is 32.4 Å². The first kappa shape index (κ1) is 13.8. The van der Waals surface area contributed by atoms with Crippen LogP contribution in [-0.2, 0) is 6.54 Å². The Hall–Kier alpha value is -2.20. The number of nitrogens with one attached hydrogen (secondary N) is 1. The highest BCUT2D eigenvalue weighted by molar-refractivity contribution is 9.10. The summed E-state index contributed by atoms with van der Waals surface area (Å²) < 4.78 is 0.678. The Labute approximate surface area is 131 Å². The van der Waals surface area contributed by atoms with Crippen LogP contribution >= 0.6 is 15.9 Å². The molecule has 0 aliphatic carbocycles. The summed E-state index contributed by atoms with van der Waals surface area (Å²) >= 11 is 3.31. The van der Waals surface area contributed by atoms with E-state index in [1.165, 1.54) is 0 Å². The maximum Gasteiger partial charge on any atom is 0.129 e. The van der Waals surface area contributed by atoms with E-state index >= 15 is 0 Å². The van der Waals surface area contributed by atoms with E-state index in [-0.39, 0.29) is 11.5 Å². The number of halogens is 1. The van der Waals surface area contributed by atoms with Gasteiger partial charge in [0.15, 0.2) is 0 Å². The Bertz CT molecular complexity index is 802. The summed E-state index contributed by atoms with van der Waals surface area (Å²) in [5.41, 5.74) is 2.02. The molecule has 0 spiro atoms. The number of hydrogen-bond donors (Lipinski definition) is 3. The van der Waals surface area contributed by atoms with Crippen LogP contribution in [0.25, 0.3) is 10.8 Å². The maximum absolute atomic E-state index is 9.89. The third kappa shape index (κ3) is 2.81. The van der Waals surface area contributed by atoms with Crippen LogP contribution in [0.1, 0.15) is 5.56 Å². The normalized spacial score (nSPS) is 10.7. The lowest BCUT2D eigenvalue weighted by Gasteiger charge is -2.11. The summed E-state index contributed by atoms with van der Waals surface area (Å²) in [4.78, 5) is 0. The molecule has 0 bridgehead atoms. The van der Waals surface area contributed by atoms with E-state index in [9.17, 15) is 10.2 Å². The number of anilines is 1. The van der Waals surface area contributed by atoms with Crippen molar-refractivity contribution in [2.24, 2.45) is 0 Å². The molecule has 106 valence electrons. The van der Waals surface area contributed by atoms with Gasteiger partial charge in [-0.15, -0.1) is 0 Å². The van der Waals surface area contributed by atoms with Gasteiger partial charge in [-0.1, -0.05) is 30.3 Å². The minimum atomic E-state index is 0.230. The molecule has 0 unspecified atom stereocenters. The Morgan fingerprint density at radius 3 is 2.43 bits per heavy atom. The lowest BCUT2D eigenvalue weighted by Crippen LogP contribution is -1.99. The molecule has 0 saturated carbocycles. The zero-order chi connectivity index (χ0) is 14.8. The maximum atomic E-state index is 9.89. The van der Waals surface area contributed by atoms with Crippen LogP contribution < -0.4 is 5.32 Å². The SMILES string of the molecule is Oc1ccc(CNc2cccc3c(O)cccc23)cc1Br. The highest BCUT2D eigenvalue weighted by Crippen LogP contribution is 2.30. The smallest absolute Gasteiger partial charge is 0.129 e. The van der Waals surface area contributed by atoms with E-state index in [0.717, 1.165) is 22.0 Å². The Morgan fingerprint density at radius 1 is 0.857 bits per heavy atom. The summed E-state index contributed by atoms with van der Waals surface area (Å²) in [5.74, 6) is 0.511. The minimum Gasteiger partial charge on any atom is -0.507 e. The van der Waals surface area contributed by atoms with E-state index in [1.807, 2.05) is 42.5 Å². The van der Waals surface area contributed by atoms with Gasteiger partial charge in [0, 0.05) is 23.0 Å². The van der Waals surface area contributed by atoms with E-state index < -0.39 is 0 Å². The molecule has 3 nitrogen and oxygen atoms in total. The van der Waals surface area contributed by atoms with E-state index in [2.05, 4.69) is 21.2 Å². The molecule has 0 heterocycles. The predicted molar refractivity (Wildman–Crippen MR) is 88.7 cm³/mol. The fourth-order valence-corrected chi connectivity index (χ4v) is 2.73. The number of hydrogen-bond acceptors (Lipinski definition) is 3. The topological polar surface area (TPSA) is 52.5 Å². The number of aromatic hydroxyl groups is 2. The first-order valence-corrected chi connectivity index (χ1v) is 7.36. The molecule has 3 aromatic carbocycles. The Kier molecular flexibility index (Phi) is 3.71. The molecular weight excluding hydrogens is 330 g/mol. The summed E-state index contributed by atoms with van der Waals surface area (Å²) in [5, 5.41) is 24.6. The van der Waals surface area contributed by atoms with Crippen molar-refractivity contribution in [1.29, 1.82) is 0 Å². The van der Waals surface area contributed by atoms with Gasteiger partial charge in [0.2, 0.25) is 0 Å². The first-order chi connectivity index (χ1) is 10.1. The van der Waals surface area contributed by atoms with Crippen molar-refractivity contribution in [3.8, 4) is 11.5 Å². The number of fused-ring (bicyclic) bond motifs is 1. The molecule has 0 fully saturated rings. The monoisotopic (exact) mass is 343 g/mol. The third-order valence-corrected chi connectivity index (χ3v) is 4.03. The van der Waals surface area contributed by atoms with Crippen molar-refractivity contribution in [2.75, 3.05) is 5.32 Å². The second-order valence-corrected chi connectivity index (χ2v) is 5.67. The molecule has 0 aliphatic rings.